The Bertz CT molecular complexity index is 1200. The fraction of sp³-hybridized carbons (Fsp3) is 0.519. The van der Waals surface area contributed by atoms with Crippen LogP contribution in [0.2, 0.25) is 0 Å². The van der Waals surface area contributed by atoms with Crippen LogP contribution in [0.5, 0.6) is 5.75 Å². The van der Waals surface area contributed by atoms with Crippen molar-refractivity contribution in [3.05, 3.63) is 47.1 Å². The average Bonchev–Trinajstić information content (AvgIpc) is 3.19. The Kier molecular flexibility index (Phi) is 9.11. The second kappa shape index (κ2) is 12.3. The fourth-order valence-corrected chi connectivity index (χ4v) is 6.10. The van der Waals surface area contributed by atoms with Crippen molar-refractivity contribution < 1.29 is 12.6 Å². The number of anilines is 1. The molecule has 0 bridgehead atoms. The minimum absolute atomic E-state index is 0.0532. The van der Waals surface area contributed by atoms with E-state index in [-0.39, 0.29) is 5.75 Å². The van der Waals surface area contributed by atoms with Crippen LogP contribution in [-0.4, -0.2) is 29.6 Å². The second-order valence-electron chi connectivity index (χ2n) is 9.50. The molecule has 1 aliphatic carbocycles. The van der Waals surface area contributed by atoms with E-state index in [4.69, 9.17) is 9.17 Å². The highest BCUT2D eigenvalue weighted by atomic mass is 79.9. The van der Waals surface area contributed by atoms with E-state index in [0.29, 0.717) is 18.2 Å². The third-order valence-electron chi connectivity index (χ3n) is 6.63. The van der Waals surface area contributed by atoms with Crippen molar-refractivity contribution in [2.75, 3.05) is 11.1 Å². The van der Waals surface area contributed by atoms with Crippen LogP contribution in [0.15, 0.2) is 47.1 Å². The van der Waals surface area contributed by atoms with Crippen LogP contribution < -0.4 is 9.50 Å². The summed E-state index contributed by atoms with van der Waals surface area (Å²) in [6, 6.07) is 11.6. The normalized spacial score (nSPS) is 14.9. The average molecular weight is 563 g/mol. The first-order valence-corrected chi connectivity index (χ1v) is 15.3. The number of imidazole rings is 1. The van der Waals surface area contributed by atoms with Crippen LogP contribution >= 0.6 is 15.9 Å². The molecule has 0 aliphatic heterocycles. The number of nitrogens with zero attached hydrogens (tertiary/aromatic N) is 2. The molecule has 6 nitrogen and oxygen atoms in total. The van der Waals surface area contributed by atoms with Crippen molar-refractivity contribution >= 4 is 37.5 Å². The highest BCUT2D eigenvalue weighted by Crippen LogP contribution is 2.33. The zero-order chi connectivity index (χ0) is 24.7. The standard InChI is InChI=1S/C27H36BrN3O3S/c1-2-3-4-5-6-10-19-35(32,33)34-24-16-13-21(14-17-24)26-27(29-23-11-8-7-9-12-23)31-20-22(28)15-18-25(31)30-26/h13-18,20,23,29H,2-12,19H2,1H3. The smallest absolute Gasteiger partial charge is 0.309 e. The maximum Gasteiger partial charge on any atom is 0.309 e. The molecule has 4 rings (SSSR count). The minimum Gasteiger partial charge on any atom is -0.382 e. The number of aromatic nitrogens is 2. The molecule has 190 valence electrons. The third-order valence-corrected chi connectivity index (χ3v) is 8.33. The number of rotatable bonds is 12. The highest BCUT2D eigenvalue weighted by Gasteiger charge is 2.20. The number of pyridine rings is 1. The van der Waals surface area contributed by atoms with E-state index >= 15 is 0 Å². The van der Waals surface area contributed by atoms with Crippen molar-refractivity contribution in [2.24, 2.45) is 0 Å². The Morgan fingerprint density at radius 2 is 1.71 bits per heavy atom. The molecule has 3 aromatic rings. The SMILES string of the molecule is CCCCCCCCS(=O)(=O)Oc1ccc(-c2nc3ccc(Br)cn3c2NC2CCCCC2)cc1. The van der Waals surface area contributed by atoms with E-state index in [0.717, 1.165) is 59.3 Å². The van der Waals surface area contributed by atoms with Gasteiger partial charge in [-0.05, 0) is 71.6 Å². The van der Waals surface area contributed by atoms with Gasteiger partial charge in [-0.2, -0.15) is 8.42 Å². The van der Waals surface area contributed by atoms with Gasteiger partial charge in [-0.1, -0.05) is 58.3 Å². The van der Waals surface area contributed by atoms with Gasteiger partial charge in [0.2, 0.25) is 0 Å². The predicted octanol–water partition coefficient (Wildman–Crippen LogP) is 7.58. The lowest BCUT2D eigenvalue weighted by atomic mass is 9.95. The number of benzene rings is 1. The predicted molar refractivity (Wildman–Crippen MR) is 147 cm³/mol. The second-order valence-corrected chi connectivity index (χ2v) is 12.1. The van der Waals surface area contributed by atoms with E-state index in [2.05, 4.69) is 32.6 Å². The molecule has 1 saturated carbocycles. The molecule has 0 radical (unpaired) electrons. The van der Waals surface area contributed by atoms with Gasteiger partial charge in [-0.3, -0.25) is 4.40 Å². The number of nitrogens with one attached hydrogen (secondary N) is 1. The van der Waals surface area contributed by atoms with Gasteiger partial charge in [0, 0.05) is 22.3 Å². The van der Waals surface area contributed by atoms with Gasteiger partial charge in [0.1, 0.15) is 22.9 Å². The monoisotopic (exact) mass is 561 g/mol. The summed E-state index contributed by atoms with van der Waals surface area (Å²) in [6.07, 6.45) is 14.3. The van der Waals surface area contributed by atoms with E-state index in [1.54, 1.807) is 12.1 Å². The zero-order valence-electron chi connectivity index (χ0n) is 20.5. The summed E-state index contributed by atoms with van der Waals surface area (Å²) in [7, 11) is -3.59. The molecule has 0 atom stereocenters. The van der Waals surface area contributed by atoms with E-state index < -0.39 is 10.1 Å². The van der Waals surface area contributed by atoms with Gasteiger partial charge in [0.05, 0.1) is 5.75 Å². The van der Waals surface area contributed by atoms with Gasteiger partial charge >= 0.3 is 10.1 Å². The van der Waals surface area contributed by atoms with Crippen LogP contribution in [-0.2, 0) is 10.1 Å². The Morgan fingerprint density at radius 1 is 1.00 bits per heavy atom. The van der Waals surface area contributed by atoms with Crippen molar-refractivity contribution in [3.63, 3.8) is 0 Å². The van der Waals surface area contributed by atoms with Crippen LogP contribution in [0.3, 0.4) is 0 Å². The van der Waals surface area contributed by atoms with E-state index in [9.17, 15) is 8.42 Å². The molecule has 1 N–H and O–H groups in total. The number of hydrogen-bond acceptors (Lipinski definition) is 5. The molecule has 1 fully saturated rings. The Morgan fingerprint density at radius 3 is 2.46 bits per heavy atom. The summed E-state index contributed by atoms with van der Waals surface area (Å²) in [5.74, 6) is 1.36. The summed E-state index contributed by atoms with van der Waals surface area (Å²) in [5, 5.41) is 3.74. The molecule has 0 amide bonds. The highest BCUT2D eigenvalue weighted by molar-refractivity contribution is 9.10. The molecular formula is C27H36BrN3O3S. The fourth-order valence-electron chi connectivity index (χ4n) is 4.71. The number of hydrogen-bond donors (Lipinski definition) is 1. The van der Waals surface area contributed by atoms with Gasteiger partial charge < -0.3 is 9.50 Å². The quantitative estimate of drug-likeness (QED) is 0.182. The molecule has 1 aromatic carbocycles. The van der Waals surface area contributed by atoms with Crippen LogP contribution in [0.1, 0.15) is 77.6 Å². The lowest BCUT2D eigenvalue weighted by Gasteiger charge is -2.24. The van der Waals surface area contributed by atoms with E-state index in [1.807, 2.05) is 30.5 Å². The van der Waals surface area contributed by atoms with Crippen molar-refractivity contribution in [3.8, 4) is 17.0 Å². The molecule has 2 heterocycles. The topological polar surface area (TPSA) is 72.7 Å². The molecule has 0 unspecified atom stereocenters. The van der Waals surface area contributed by atoms with Gasteiger partial charge in [0.15, 0.2) is 0 Å². The minimum atomic E-state index is -3.59. The maximum atomic E-state index is 12.4. The molecule has 35 heavy (non-hydrogen) atoms. The molecule has 2 aromatic heterocycles. The van der Waals surface area contributed by atoms with Crippen LogP contribution in [0, 0.1) is 0 Å². The van der Waals surface area contributed by atoms with E-state index in [1.165, 1.54) is 32.1 Å². The van der Waals surface area contributed by atoms with Gasteiger partial charge in [-0.15, -0.1) is 0 Å². The lowest BCUT2D eigenvalue weighted by Crippen LogP contribution is -2.23. The number of halogens is 1. The van der Waals surface area contributed by atoms with Crippen molar-refractivity contribution in [1.82, 2.24) is 9.38 Å². The summed E-state index contributed by atoms with van der Waals surface area (Å²) >= 11 is 3.58. The Hall–Kier alpha value is -2.06. The summed E-state index contributed by atoms with van der Waals surface area (Å²) in [6.45, 7) is 2.17. The molecule has 8 heteroatoms. The van der Waals surface area contributed by atoms with Crippen LogP contribution in [0.25, 0.3) is 16.9 Å². The molecular weight excluding hydrogens is 526 g/mol. The van der Waals surface area contributed by atoms with Crippen LogP contribution in [0.4, 0.5) is 5.82 Å². The molecule has 0 saturated heterocycles. The Labute approximate surface area is 217 Å². The molecule has 1 aliphatic rings. The first-order valence-electron chi connectivity index (χ1n) is 12.9. The number of unbranched alkanes of at least 4 members (excludes halogenated alkanes) is 5. The summed E-state index contributed by atoms with van der Waals surface area (Å²) in [4.78, 5) is 4.89. The summed E-state index contributed by atoms with van der Waals surface area (Å²) in [5.41, 5.74) is 2.64. The molecule has 0 spiro atoms. The number of fused-ring (bicyclic) bond motifs is 1. The van der Waals surface area contributed by atoms with Crippen molar-refractivity contribution in [1.29, 1.82) is 0 Å². The largest absolute Gasteiger partial charge is 0.382 e. The summed E-state index contributed by atoms with van der Waals surface area (Å²) < 4.78 is 33.3. The van der Waals surface area contributed by atoms with Gasteiger partial charge in [-0.25, -0.2) is 4.98 Å². The maximum absolute atomic E-state index is 12.4. The zero-order valence-corrected chi connectivity index (χ0v) is 22.9. The third kappa shape index (κ3) is 7.23. The first kappa shape index (κ1) is 26.0. The van der Waals surface area contributed by atoms with Gasteiger partial charge in [0.25, 0.3) is 0 Å². The van der Waals surface area contributed by atoms with Crippen molar-refractivity contribution in [2.45, 2.75) is 83.6 Å². The Balaban J connectivity index is 1.48. The first-order chi connectivity index (χ1) is 16.9. The lowest BCUT2D eigenvalue weighted by molar-refractivity contribution is 0.461.